The number of aliphatic carboxylic acids is 1. The summed E-state index contributed by atoms with van der Waals surface area (Å²) in [5.74, 6) is -0.0270. The standard InChI is InChI=1S/C28H31N3O5/c1-19-22(20-9-5-4-6-10-20)11-7-12-25(19)31-14-8-13-30(31)21-15-26(35-2)23(27(16-21)36-3)17-29-24(18-32)28(33)34/h4-13,15-16,24,29,32H,14,17-18H2,1-3H3,(H,33,34). The number of aliphatic hydroxyl groups excluding tert-OH is 1. The van der Waals surface area contributed by atoms with E-state index in [4.69, 9.17) is 9.47 Å². The summed E-state index contributed by atoms with van der Waals surface area (Å²) in [6.45, 7) is 2.46. The van der Waals surface area contributed by atoms with Gasteiger partial charge in [-0.15, -0.1) is 0 Å². The van der Waals surface area contributed by atoms with Crippen LogP contribution in [-0.4, -0.2) is 49.6 Å². The predicted molar refractivity (Wildman–Crippen MR) is 140 cm³/mol. The first-order valence-corrected chi connectivity index (χ1v) is 11.7. The maximum absolute atomic E-state index is 11.3. The fraction of sp³-hybridized carbons (Fsp3) is 0.250. The molecular weight excluding hydrogens is 458 g/mol. The van der Waals surface area contributed by atoms with Crippen LogP contribution < -0.4 is 24.8 Å². The van der Waals surface area contributed by atoms with Gasteiger partial charge in [-0.1, -0.05) is 42.5 Å². The number of nitrogens with one attached hydrogen (secondary N) is 1. The van der Waals surface area contributed by atoms with Crippen molar-refractivity contribution < 1.29 is 24.5 Å². The van der Waals surface area contributed by atoms with E-state index in [1.54, 1.807) is 14.2 Å². The Bertz CT molecular complexity index is 1220. The summed E-state index contributed by atoms with van der Waals surface area (Å²) in [6.07, 6.45) is 4.09. The molecule has 1 aliphatic rings. The number of hydrazine groups is 1. The van der Waals surface area contributed by atoms with Gasteiger partial charge in [-0.05, 0) is 35.8 Å². The number of aliphatic hydroxyl groups is 1. The molecule has 0 aliphatic carbocycles. The van der Waals surface area contributed by atoms with E-state index < -0.39 is 18.6 Å². The molecule has 0 radical (unpaired) electrons. The van der Waals surface area contributed by atoms with E-state index in [1.807, 2.05) is 41.5 Å². The van der Waals surface area contributed by atoms with Crippen LogP contribution in [0.4, 0.5) is 11.4 Å². The minimum Gasteiger partial charge on any atom is -0.496 e. The summed E-state index contributed by atoms with van der Waals surface area (Å²) in [5.41, 5.74) is 6.09. The number of carboxylic acid groups (broad SMARTS) is 1. The smallest absolute Gasteiger partial charge is 0.323 e. The first kappa shape index (κ1) is 25.1. The first-order chi connectivity index (χ1) is 17.5. The second-order valence-corrected chi connectivity index (χ2v) is 8.41. The molecule has 3 aromatic carbocycles. The van der Waals surface area contributed by atoms with E-state index >= 15 is 0 Å². The topological polar surface area (TPSA) is 94.5 Å². The van der Waals surface area contributed by atoms with Gasteiger partial charge in [0.15, 0.2) is 0 Å². The lowest BCUT2D eigenvalue weighted by Gasteiger charge is -2.33. The summed E-state index contributed by atoms with van der Waals surface area (Å²) < 4.78 is 11.3. The van der Waals surface area contributed by atoms with Crippen LogP contribution in [0.25, 0.3) is 11.1 Å². The molecule has 0 fully saturated rings. The van der Waals surface area contributed by atoms with Gasteiger partial charge in [-0.2, -0.15) is 0 Å². The summed E-state index contributed by atoms with van der Waals surface area (Å²) in [4.78, 5) is 11.3. The monoisotopic (exact) mass is 489 g/mol. The Kier molecular flexibility index (Phi) is 7.77. The minimum absolute atomic E-state index is 0.155. The Morgan fingerprint density at radius 1 is 1.06 bits per heavy atom. The van der Waals surface area contributed by atoms with Crippen molar-refractivity contribution in [3.05, 3.63) is 84.1 Å². The van der Waals surface area contributed by atoms with E-state index in [1.165, 1.54) is 16.7 Å². The highest BCUT2D eigenvalue weighted by atomic mass is 16.5. The van der Waals surface area contributed by atoms with Crippen molar-refractivity contribution in [3.63, 3.8) is 0 Å². The summed E-state index contributed by atoms with van der Waals surface area (Å²) in [6, 6.07) is 19.3. The van der Waals surface area contributed by atoms with Crippen LogP contribution >= 0.6 is 0 Å². The largest absolute Gasteiger partial charge is 0.496 e. The van der Waals surface area contributed by atoms with Gasteiger partial charge in [0.1, 0.15) is 17.5 Å². The normalized spacial score (nSPS) is 13.7. The van der Waals surface area contributed by atoms with E-state index in [9.17, 15) is 15.0 Å². The number of anilines is 2. The number of carbonyl (C=O) groups is 1. The van der Waals surface area contributed by atoms with Gasteiger partial charge in [0.2, 0.25) is 0 Å². The highest BCUT2D eigenvalue weighted by molar-refractivity contribution is 5.77. The van der Waals surface area contributed by atoms with Crippen LogP contribution in [0.3, 0.4) is 0 Å². The molecule has 188 valence electrons. The average Bonchev–Trinajstić information content (AvgIpc) is 3.39. The lowest BCUT2D eigenvalue weighted by atomic mass is 9.99. The number of carboxylic acids is 1. The average molecular weight is 490 g/mol. The third kappa shape index (κ3) is 5.00. The summed E-state index contributed by atoms with van der Waals surface area (Å²) in [5, 5.41) is 25.7. The zero-order valence-corrected chi connectivity index (χ0v) is 20.6. The second kappa shape index (κ2) is 11.2. The van der Waals surface area contributed by atoms with Gasteiger partial charge >= 0.3 is 5.97 Å². The second-order valence-electron chi connectivity index (χ2n) is 8.41. The Hall–Kier alpha value is -4.01. The van der Waals surface area contributed by atoms with Crippen LogP contribution in [0.15, 0.2) is 72.9 Å². The highest BCUT2D eigenvalue weighted by Crippen LogP contribution is 2.39. The van der Waals surface area contributed by atoms with E-state index in [2.05, 4.69) is 53.7 Å². The van der Waals surface area contributed by atoms with Crippen molar-refractivity contribution in [2.75, 3.05) is 37.4 Å². The minimum atomic E-state index is -1.13. The molecule has 0 spiro atoms. The Balaban J connectivity index is 1.68. The van der Waals surface area contributed by atoms with Crippen molar-refractivity contribution in [1.29, 1.82) is 0 Å². The van der Waals surface area contributed by atoms with E-state index in [-0.39, 0.29) is 6.54 Å². The lowest BCUT2D eigenvalue weighted by Crippen LogP contribution is -2.39. The molecule has 3 N–H and O–H groups in total. The number of benzene rings is 3. The zero-order valence-electron chi connectivity index (χ0n) is 20.6. The molecule has 0 saturated heterocycles. The van der Waals surface area contributed by atoms with Crippen LogP contribution in [0.2, 0.25) is 0 Å². The molecule has 0 amide bonds. The summed E-state index contributed by atoms with van der Waals surface area (Å²) in [7, 11) is 3.13. The van der Waals surface area contributed by atoms with Gasteiger partial charge in [-0.3, -0.25) is 20.1 Å². The molecule has 4 rings (SSSR count). The van der Waals surface area contributed by atoms with Gasteiger partial charge in [0, 0.05) is 24.9 Å². The van der Waals surface area contributed by atoms with Crippen LogP contribution in [0, 0.1) is 6.92 Å². The number of rotatable bonds is 10. The SMILES string of the molecule is COc1cc(N2C=CCN2c2cccc(-c3ccccc3)c2C)cc(OC)c1CNC(CO)C(=O)O. The third-order valence-electron chi connectivity index (χ3n) is 6.32. The molecule has 3 aromatic rings. The molecule has 1 heterocycles. The van der Waals surface area contributed by atoms with Gasteiger partial charge in [0.25, 0.3) is 0 Å². The molecule has 1 aliphatic heterocycles. The van der Waals surface area contributed by atoms with Crippen molar-refractivity contribution >= 4 is 17.3 Å². The maximum atomic E-state index is 11.3. The number of hydrogen-bond donors (Lipinski definition) is 3. The van der Waals surface area contributed by atoms with Gasteiger partial charge in [0.05, 0.1) is 44.3 Å². The maximum Gasteiger partial charge on any atom is 0.323 e. The predicted octanol–water partition coefficient (Wildman–Crippen LogP) is 3.97. The molecule has 36 heavy (non-hydrogen) atoms. The molecule has 0 aromatic heterocycles. The molecule has 1 unspecified atom stereocenters. The van der Waals surface area contributed by atoms with Crippen LogP contribution in [-0.2, 0) is 11.3 Å². The Morgan fingerprint density at radius 2 is 1.75 bits per heavy atom. The summed E-state index contributed by atoms with van der Waals surface area (Å²) >= 11 is 0. The third-order valence-corrected chi connectivity index (χ3v) is 6.32. The van der Waals surface area contributed by atoms with Crippen molar-refractivity contribution in [3.8, 4) is 22.6 Å². The first-order valence-electron chi connectivity index (χ1n) is 11.7. The quantitative estimate of drug-likeness (QED) is 0.394. The fourth-order valence-corrected chi connectivity index (χ4v) is 4.42. The molecular formula is C28H31N3O5. The molecule has 0 bridgehead atoms. The molecule has 0 saturated carbocycles. The van der Waals surface area contributed by atoms with E-state index in [0.717, 1.165) is 11.4 Å². The lowest BCUT2D eigenvalue weighted by molar-refractivity contribution is -0.140. The van der Waals surface area contributed by atoms with Crippen LogP contribution in [0.1, 0.15) is 11.1 Å². The zero-order chi connectivity index (χ0) is 25.7. The number of hydrogen-bond acceptors (Lipinski definition) is 7. The van der Waals surface area contributed by atoms with Crippen molar-refractivity contribution in [2.45, 2.75) is 19.5 Å². The van der Waals surface area contributed by atoms with E-state index in [0.29, 0.717) is 23.6 Å². The Morgan fingerprint density at radius 3 is 2.36 bits per heavy atom. The fourth-order valence-electron chi connectivity index (χ4n) is 4.42. The highest BCUT2D eigenvalue weighted by Gasteiger charge is 2.25. The van der Waals surface area contributed by atoms with Gasteiger partial charge < -0.3 is 19.7 Å². The van der Waals surface area contributed by atoms with Gasteiger partial charge in [-0.25, -0.2) is 0 Å². The Labute approximate surface area is 211 Å². The molecule has 8 nitrogen and oxygen atoms in total. The van der Waals surface area contributed by atoms with Crippen LogP contribution in [0.5, 0.6) is 11.5 Å². The number of methoxy groups -OCH3 is 2. The van der Waals surface area contributed by atoms with Crippen molar-refractivity contribution in [2.24, 2.45) is 0 Å². The van der Waals surface area contributed by atoms with Crippen molar-refractivity contribution in [1.82, 2.24) is 5.32 Å². The number of nitrogens with zero attached hydrogens (tertiary/aromatic N) is 2. The molecule has 1 atom stereocenters. The molecule has 8 heteroatoms. The number of ether oxygens (including phenoxy) is 2.